The third-order valence-corrected chi connectivity index (χ3v) is 4.94. The first kappa shape index (κ1) is 19.6. The van der Waals surface area contributed by atoms with Gasteiger partial charge >= 0.3 is 11.9 Å². The summed E-state index contributed by atoms with van der Waals surface area (Å²) in [6.45, 7) is 1.63. The van der Waals surface area contributed by atoms with Gasteiger partial charge in [-0.05, 0) is 48.8 Å². The summed E-state index contributed by atoms with van der Waals surface area (Å²) in [5.41, 5.74) is 0.652. The molecule has 2 aliphatic rings. The Morgan fingerprint density at radius 1 is 1.31 bits per heavy atom. The van der Waals surface area contributed by atoms with Crippen LogP contribution in [0.2, 0.25) is 0 Å². The number of carbonyl (C=O) groups is 3. The summed E-state index contributed by atoms with van der Waals surface area (Å²) < 4.78 is 0. The number of amides is 1. The first-order chi connectivity index (χ1) is 12.3. The smallest absolute Gasteiger partial charge is 0.351 e. The van der Waals surface area contributed by atoms with Crippen LogP contribution in [0.15, 0.2) is 22.6 Å². The zero-order chi connectivity index (χ0) is 19.3. The van der Waals surface area contributed by atoms with Crippen LogP contribution in [0.5, 0.6) is 0 Å². The number of hydrogen-bond acceptors (Lipinski definition) is 6. The summed E-state index contributed by atoms with van der Waals surface area (Å²) in [4.78, 5) is 34.7. The SMILES string of the molecule is CC1=C(C(=O)O)N[C@@H]([C@H](NC(=O)CCC([O-])=C2[C]=[C][C]=[C]2)C(=O)O)SC1. The van der Waals surface area contributed by atoms with Crippen LogP contribution in [-0.4, -0.2) is 45.2 Å². The minimum absolute atomic E-state index is 0.0702. The van der Waals surface area contributed by atoms with Crippen LogP contribution in [0, 0.1) is 24.3 Å². The average molecular weight is 375 g/mol. The predicted octanol–water partition coefficient (Wildman–Crippen LogP) is -0.690. The molecule has 0 spiro atoms. The number of nitrogens with one attached hydrogen (secondary N) is 2. The molecule has 0 fully saturated rings. The van der Waals surface area contributed by atoms with Crippen molar-refractivity contribution in [2.24, 2.45) is 0 Å². The molecular formula is C17H15N2O6S-. The Morgan fingerprint density at radius 2 is 1.96 bits per heavy atom. The molecule has 4 N–H and O–H groups in total. The number of carboxylic acids is 2. The number of allylic oxidation sites excluding steroid dienone is 6. The van der Waals surface area contributed by atoms with Crippen LogP contribution in [0.25, 0.3) is 0 Å². The van der Waals surface area contributed by atoms with Gasteiger partial charge in [0.15, 0.2) is 6.04 Å². The van der Waals surface area contributed by atoms with Gasteiger partial charge in [-0.1, -0.05) is 0 Å². The normalized spacial score (nSPS) is 19.9. The topological polar surface area (TPSA) is 139 Å². The van der Waals surface area contributed by atoms with Crippen molar-refractivity contribution in [3.8, 4) is 0 Å². The number of aliphatic carboxylic acids is 2. The molecule has 1 aliphatic carbocycles. The van der Waals surface area contributed by atoms with Crippen molar-refractivity contribution < 1.29 is 29.7 Å². The van der Waals surface area contributed by atoms with E-state index in [0.29, 0.717) is 11.3 Å². The van der Waals surface area contributed by atoms with Gasteiger partial charge < -0.3 is 26.0 Å². The van der Waals surface area contributed by atoms with Gasteiger partial charge in [0.1, 0.15) is 11.1 Å². The van der Waals surface area contributed by atoms with Gasteiger partial charge in [0.2, 0.25) is 5.91 Å². The quantitative estimate of drug-likeness (QED) is 0.429. The molecule has 0 aromatic heterocycles. The highest BCUT2D eigenvalue weighted by atomic mass is 32.2. The van der Waals surface area contributed by atoms with Gasteiger partial charge in [-0.3, -0.25) is 4.79 Å². The van der Waals surface area contributed by atoms with Gasteiger partial charge in [0.25, 0.3) is 0 Å². The molecule has 136 valence electrons. The fraction of sp³-hybridized carbons (Fsp3) is 0.353. The lowest BCUT2D eigenvalue weighted by Gasteiger charge is -2.30. The molecule has 0 aromatic carbocycles. The molecule has 9 heteroatoms. The second kappa shape index (κ2) is 8.61. The lowest BCUT2D eigenvalue weighted by molar-refractivity contribution is -0.307. The van der Waals surface area contributed by atoms with Gasteiger partial charge in [0.05, 0.1) is 0 Å². The summed E-state index contributed by atoms with van der Waals surface area (Å²) in [5, 5.41) is 34.5. The molecule has 0 saturated heterocycles. The minimum atomic E-state index is -1.34. The number of carboxylic acid groups (broad SMARTS) is 2. The molecule has 1 aliphatic heterocycles. The summed E-state index contributed by atoms with van der Waals surface area (Å²) in [6.07, 6.45) is 9.53. The van der Waals surface area contributed by atoms with E-state index in [4.69, 9.17) is 5.11 Å². The lowest BCUT2D eigenvalue weighted by Crippen LogP contribution is -2.54. The Labute approximate surface area is 154 Å². The summed E-state index contributed by atoms with van der Waals surface area (Å²) in [6, 6.07) is -1.34. The van der Waals surface area contributed by atoms with Gasteiger partial charge in [-0.15, -0.1) is 17.5 Å². The lowest BCUT2D eigenvalue weighted by atomic mass is 10.1. The summed E-state index contributed by atoms with van der Waals surface area (Å²) in [5.74, 6) is -3.17. The number of carbonyl (C=O) groups excluding carboxylic acids is 1. The molecule has 0 unspecified atom stereocenters. The van der Waals surface area contributed by atoms with Crippen molar-refractivity contribution in [1.82, 2.24) is 10.6 Å². The zero-order valence-corrected chi connectivity index (χ0v) is 14.5. The molecule has 0 bridgehead atoms. The van der Waals surface area contributed by atoms with E-state index >= 15 is 0 Å². The standard InChI is InChI=1S/C17H16N2O6S/c1-9-8-26-15(19-13(9)16(22)23)14(17(24)25)18-12(21)7-6-11(20)10-4-2-3-5-10/h14-15,19-20H,6-8H2,1H3,(H,18,21)(H,22,23)(H,24,25)/p-1/t14-,15+/m0/s1. The van der Waals surface area contributed by atoms with Crippen molar-refractivity contribution in [3.05, 3.63) is 46.9 Å². The maximum Gasteiger partial charge on any atom is 0.351 e. The third-order valence-electron chi connectivity index (χ3n) is 3.59. The van der Waals surface area contributed by atoms with E-state index < -0.39 is 29.3 Å². The fourth-order valence-corrected chi connectivity index (χ4v) is 3.39. The van der Waals surface area contributed by atoms with Crippen molar-refractivity contribution in [2.45, 2.75) is 31.2 Å². The van der Waals surface area contributed by atoms with Crippen molar-refractivity contribution in [2.75, 3.05) is 5.75 Å². The van der Waals surface area contributed by atoms with Crippen LogP contribution in [0.1, 0.15) is 19.8 Å². The van der Waals surface area contributed by atoms with E-state index in [2.05, 4.69) is 34.9 Å². The zero-order valence-electron chi connectivity index (χ0n) is 13.7. The van der Waals surface area contributed by atoms with Gasteiger partial charge in [-0.2, -0.15) is 0 Å². The molecule has 0 aromatic rings. The molecular weight excluding hydrogens is 360 g/mol. The molecule has 2 atom stereocenters. The van der Waals surface area contributed by atoms with E-state index in [0.717, 1.165) is 0 Å². The number of thioether (sulfide) groups is 1. The Kier molecular flexibility index (Phi) is 6.51. The monoisotopic (exact) mass is 375 g/mol. The Morgan fingerprint density at radius 3 is 2.54 bits per heavy atom. The predicted molar refractivity (Wildman–Crippen MR) is 88.5 cm³/mol. The highest BCUT2D eigenvalue weighted by Gasteiger charge is 2.34. The van der Waals surface area contributed by atoms with Crippen LogP contribution >= 0.6 is 11.8 Å². The number of rotatable bonds is 7. The van der Waals surface area contributed by atoms with E-state index in [1.165, 1.54) is 11.8 Å². The summed E-state index contributed by atoms with van der Waals surface area (Å²) >= 11 is 1.18. The van der Waals surface area contributed by atoms with Crippen molar-refractivity contribution in [1.29, 1.82) is 0 Å². The Bertz CT molecular complexity index is 724. The second-order valence-corrected chi connectivity index (χ2v) is 6.65. The highest BCUT2D eigenvalue weighted by molar-refractivity contribution is 8.00. The maximum atomic E-state index is 12.0. The highest BCUT2D eigenvalue weighted by Crippen LogP contribution is 2.24. The number of hydrogen-bond donors (Lipinski definition) is 4. The average Bonchev–Trinajstić information content (AvgIpc) is 3.12. The molecule has 4 radical (unpaired) electrons. The molecule has 26 heavy (non-hydrogen) atoms. The maximum absolute atomic E-state index is 12.0. The van der Waals surface area contributed by atoms with Crippen LogP contribution in [0.3, 0.4) is 0 Å². The molecule has 1 amide bonds. The van der Waals surface area contributed by atoms with Gasteiger partial charge in [-0.25, -0.2) is 9.59 Å². The first-order valence-electron chi connectivity index (χ1n) is 7.55. The minimum Gasteiger partial charge on any atom is -0.875 e. The molecule has 1 heterocycles. The van der Waals surface area contributed by atoms with Crippen LogP contribution < -0.4 is 15.7 Å². The van der Waals surface area contributed by atoms with Crippen molar-refractivity contribution >= 4 is 29.6 Å². The third kappa shape index (κ3) is 4.92. The van der Waals surface area contributed by atoms with E-state index in [1.54, 1.807) is 6.92 Å². The van der Waals surface area contributed by atoms with Crippen molar-refractivity contribution in [3.63, 3.8) is 0 Å². The van der Waals surface area contributed by atoms with E-state index in [9.17, 15) is 24.6 Å². The summed E-state index contributed by atoms with van der Waals surface area (Å²) in [7, 11) is 0. The van der Waals surface area contributed by atoms with E-state index in [-0.39, 0.29) is 29.9 Å². The largest absolute Gasteiger partial charge is 0.875 e. The molecule has 0 saturated carbocycles. The van der Waals surface area contributed by atoms with Crippen LogP contribution in [0.4, 0.5) is 0 Å². The first-order valence-corrected chi connectivity index (χ1v) is 8.60. The Hall–Kier alpha value is -2.68. The van der Waals surface area contributed by atoms with Gasteiger partial charge in [0, 0.05) is 12.2 Å². The fourth-order valence-electron chi connectivity index (χ4n) is 2.24. The molecule has 2 rings (SSSR count). The van der Waals surface area contributed by atoms with E-state index in [1.807, 2.05) is 0 Å². The second-order valence-electron chi connectivity index (χ2n) is 5.52. The molecule has 8 nitrogen and oxygen atoms in total. The Balaban J connectivity index is 1.98. The van der Waals surface area contributed by atoms with Crippen LogP contribution in [-0.2, 0) is 14.4 Å².